The van der Waals surface area contributed by atoms with Crippen LogP contribution in [0.15, 0.2) is 41.1 Å². The summed E-state index contributed by atoms with van der Waals surface area (Å²) in [6.07, 6.45) is 2.37. The summed E-state index contributed by atoms with van der Waals surface area (Å²) in [4.78, 5) is 18.7. The molecule has 0 bridgehead atoms. The summed E-state index contributed by atoms with van der Waals surface area (Å²) in [5.74, 6) is 0.742. The van der Waals surface area contributed by atoms with Gasteiger partial charge in [0.05, 0.1) is 12.6 Å². The number of aromatic nitrogens is 1. The van der Waals surface area contributed by atoms with Crippen molar-refractivity contribution >= 4 is 6.03 Å². The Hall–Kier alpha value is -2.30. The summed E-state index contributed by atoms with van der Waals surface area (Å²) in [5.41, 5.74) is 2.07. The third-order valence-corrected chi connectivity index (χ3v) is 4.42. The first kappa shape index (κ1) is 15.6. The number of oxazole rings is 1. The van der Waals surface area contributed by atoms with E-state index in [2.05, 4.69) is 36.3 Å². The molecular weight excluding hydrogens is 290 g/mol. The molecular formula is C18H23N3O2. The van der Waals surface area contributed by atoms with Crippen molar-refractivity contribution in [2.75, 3.05) is 6.54 Å². The quantitative estimate of drug-likeness (QED) is 0.940. The van der Waals surface area contributed by atoms with Gasteiger partial charge in [-0.2, -0.15) is 0 Å². The Labute approximate surface area is 136 Å². The van der Waals surface area contributed by atoms with Crippen LogP contribution in [0.2, 0.25) is 0 Å². The van der Waals surface area contributed by atoms with Gasteiger partial charge in [-0.25, -0.2) is 9.78 Å². The van der Waals surface area contributed by atoms with Gasteiger partial charge in [-0.3, -0.25) is 0 Å². The number of hydrogen-bond donors (Lipinski definition) is 1. The molecule has 1 aliphatic heterocycles. The predicted molar refractivity (Wildman–Crippen MR) is 87.8 cm³/mol. The fraction of sp³-hybridized carbons (Fsp3) is 0.444. The zero-order chi connectivity index (χ0) is 16.4. The Morgan fingerprint density at radius 1 is 1.39 bits per heavy atom. The Morgan fingerprint density at radius 3 is 2.78 bits per heavy atom. The van der Waals surface area contributed by atoms with Gasteiger partial charge < -0.3 is 14.6 Å². The molecule has 0 saturated carbocycles. The van der Waals surface area contributed by atoms with E-state index in [1.54, 1.807) is 0 Å². The topological polar surface area (TPSA) is 58.4 Å². The van der Waals surface area contributed by atoms with Crippen LogP contribution >= 0.6 is 0 Å². The first-order valence-corrected chi connectivity index (χ1v) is 7.95. The standard InChI is InChI=1S/C18H23N3O2/c1-13-15(20-12-23-13)10-19-17(22)21-11-18(2,3)9-16(21)14-7-5-4-6-8-14/h4-8,12,16H,9-11H2,1-3H3,(H,19,22)/t16-/m0/s1. The van der Waals surface area contributed by atoms with Crippen molar-refractivity contribution < 1.29 is 9.21 Å². The smallest absolute Gasteiger partial charge is 0.318 e. The maximum absolute atomic E-state index is 12.7. The van der Waals surface area contributed by atoms with Gasteiger partial charge in [0.15, 0.2) is 6.39 Å². The lowest BCUT2D eigenvalue weighted by Crippen LogP contribution is -2.40. The minimum atomic E-state index is -0.0492. The van der Waals surface area contributed by atoms with E-state index in [0.29, 0.717) is 6.54 Å². The molecule has 2 heterocycles. The lowest BCUT2D eigenvalue weighted by molar-refractivity contribution is 0.189. The summed E-state index contributed by atoms with van der Waals surface area (Å²) < 4.78 is 5.17. The number of amides is 2. The highest BCUT2D eigenvalue weighted by atomic mass is 16.3. The van der Waals surface area contributed by atoms with Crippen LogP contribution in [-0.2, 0) is 6.54 Å². The zero-order valence-corrected chi connectivity index (χ0v) is 13.9. The van der Waals surface area contributed by atoms with Crippen molar-refractivity contribution in [2.45, 2.75) is 39.8 Å². The van der Waals surface area contributed by atoms with Gasteiger partial charge >= 0.3 is 6.03 Å². The van der Waals surface area contributed by atoms with Crippen molar-refractivity contribution in [2.24, 2.45) is 5.41 Å². The molecule has 1 N–H and O–H groups in total. The zero-order valence-electron chi connectivity index (χ0n) is 13.9. The number of urea groups is 1. The molecule has 1 aromatic carbocycles. The normalized spacial score (nSPS) is 19.8. The average Bonchev–Trinajstić information content (AvgIpc) is 3.08. The number of carbonyl (C=O) groups is 1. The van der Waals surface area contributed by atoms with Crippen LogP contribution in [0.25, 0.3) is 0 Å². The second-order valence-corrected chi connectivity index (χ2v) is 6.94. The summed E-state index contributed by atoms with van der Waals surface area (Å²) >= 11 is 0. The molecule has 0 unspecified atom stereocenters. The van der Waals surface area contributed by atoms with E-state index in [1.807, 2.05) is 30.0 Å². The van der Waals surface area contributed by atoms with E-state index < -0.39 is 0 Å². The predicted octanol–water partition coefficient (Wildman–Crippen LogP) is 3.67. The molecule has 2 aromatic rings. The van der Waals surface area contributed by atoms with E-state index in [0.717, 1.165) is 24.4 Å². The molecule has 0 aliphatic carbocycles. The van der Waals surface area contributed by atoms with E-state index in [9.17, 15) is 4.79 Å². The molecule has 23 heavy (non-hydrogen) atoms. The van der Waals surface area contributed by atoms with Gasteiger partial charge in [0, 0.05) is 6.54 Å². The van der Waals surface area contributed by atoms with Crippen molar-refractivity contribution in [3.8, 4) is 0 Å². The van der Waals surface area contributed by atoms with Crippen LogP contribution in [0.3, 0.4) is 0 Å². The number of aryl methyl sites for hydroxylation is 1. The molecule has 3 rings (SSSR count). The first-order chi connectivity index (χ1) is 11.0. The average molecular weight is 313 g/mol. The van der Waals surface area contributed by atoms with E-state index in [1.165, 1.54) is 12.0 Å². The van der Waals surface area contributed by atoms with Crippen molar-refractivity contribution in [3.05, 3.63) is 53.7 Å². The highest BCUT2D eigenvalue weighted by molar-refractivity contribution is 5.75. The van der Waals surface area contributed by atoms with Gasteiger partial charge in [-0.1, -0.05) is 44.2 Å². The van der Waals surface area contributed by atoms with E-state index >= 15 is 0 Å². The molecule has 0 spiro atoms. The van der Waals surface area contributed by atoms with Crippen LogP contribution in [-0.4, -0.2) is 22.5 Å². The van der Waals surface area contributed by atoms with Gasteiger partial charge in [0.2, 0.25) is 0 Å². The van der Waals surface area contributed by atoms with Crippen LogP contribution < -0.4 is 5.32 Å². The lowest BCUT2D eigenvalue weighted by Gasteiger charge is -2.25. The van der Waals surface area contributed by atoms with Crippen LogP contribution in [0.4, 0.5) is 4.79 Å². The van der Waals surface area contributed by atoms with Crippen molar-refractivity contribution in [1.82, 2.24) is 15.2 Å². The maximum Gasteiger partial charge on any atom is 0.318 e. The van der Waals surface area contributed by atoms with Gasteiger partial charge in [-0.15, -0.1) is 0 Å². The Morgan fingerprint density at radius 2 is 2.13 bits per heavy atom. The van der Waals surface area contributed by atoms with E-state index in [-0.39, 0.29) is 17.5 Å². The maximum atomic E-state index is 12.7. The molecule has 1 fully saturated rings. The molecule has 2 amide bonds. The molecule has 5 heteroatoms. The third kappa shape index (κ3) is 3.38. The number of likely N-dealkylation sites (tertiary alicyclic amines) is 1. The van der Waals surface area contributed by atoms with Gasteiger partial charge in [-0.05, 0) is 24.3 Å². The van der Waals surface area contributed by atoms with Crippen LogP contribution in [0.1, 0.15) is 43.3 Å². The molecule has 1 aromatic heterocycles. The SMILES string of the molecule is Cc1ocnc1CNC(=O)N1CC(C)(C)C[C@H]1c1ccccc1. The molecule has 122 valence electrons. The molecule has 0 radical (unpaired) electrons. The van der Waals surface area contributed by atoms with Crippen LogP contribution in [0.5, 0.6) is 0 Å². The van der Waals surface area contributed by atoms with Crippen molar-refractivity contribution in [3.63, 3.8) is 0 Å². The number of nitrogens with zero attached hydrogens (tertiary/aromatic N) is 2. The largest absolute Gasteiger partial charge is 0.448 e. The number of benzene rings is 1. The Bertz CT molecular complexity index is 679. The number of hydrogen-bond acceptors (Lipinski definition) is 3. The highest BCUT2D eigenvalue weighted by Gasteiger charge is 2.40. The Kier molecular flexibility index (Phi) is 4.11. The van der Waals surface area contributed by atoms with Gasteiger partial charge in [0.1, 0.15) is 11.5 Å². The van der Waals surface area contributed by atoms with Gasteiger partial charge in [0.25, 0.3) is 0 Å². The number of carbonyl (C=O) groups excluding carboxylic acids is 1. The van der Waals surface area contributed by atoms with E-state index in [4.69, 9.17) is 4.42 Å². The molecule has 5 nitrogen and oxygen atoms in total. The fourth-order valence-electron chi connectivity index (χ4n) is 3.21. The summed E-state index contributed by atoms with van der Waals surface area (Å²) in [7, 11) is 0. The number of nitrogens with one attached hydrogen (secondary N) is 1. The summed E-state index contributed by atoms with van der Waals surface area (Å²) in [6.45, 7) is 7.39. The molecule has 1 saturated heterocycles. The minimum absolute atomic E-state index is 0.0492. The first-order valence-electron chi connectivity index (χ1n) is 7.95. The number of rotatable bonds is 3. The minimum Gasteiger partial charge on any atom is -0.448 e. The second kappa shape index (κ2) is 6.07. The second-order valence-electron chi connectivity index (χ2n) is 6.94. The lowest BCUT2D eigenvalue weighted by atomic mass is 9.89. The fourth-order valence-corrected chi connectivity index (χ4v) is 3.21. The summed E-state index contributed by atoms with van der Waals surface area (Å²) in [5, 5.41) is 2.97. The van der Waals surface area contributed by atoms with Crippen molar-refractivity contribution in [1.29, 1.82) is 0 Å². The Balaban J connectivity index is 1.73. The molecule has 1 aliphatic rings. The summed E-state index contributed by atoms with van der Waals surface area (Å²) in [6, 6.07) is 10.3. The third-order valence-electron chi connectivity index (χ3n) is 4.42. The monoisotopic (exact) mass is 313 g/mol. The van der Waals surface area contributed by atoms with Crippen LogP contribution in [0, 0.1) is 12.3 Å². The molecule has 1 atom stereocenters. The highest BCUT2D eigenvalue weighted by Crippen LogP contribution is 2.42.